The maximum atomic E-state index is 13.2. The fourth-order valence-corrected chi connectivity index (χ4v) is 3.51. The number of phenolic OH excluding ortho intramolecular Hbond substituents is 3. The van der Waals surface area contributed by atoms with E-state index in [1.165, 1.54) is 12.1 Å². The molecule has 2 heterocycles. The minimum Gasteiger partial charge on any atom is -0.506 e. The Bertz CT molecular complexity index is 1290. The van der Waals surface area contributed by atoms with Crippen molar-refractivity contribution in [1.29, 1.82) is 0 Å². The molecule has 7 nitrogen and oxygen atoms in total. The van der Waals surface area contributed by atoms with Crippen LogP contribution < -0.4 is 10.2 Å². The van der Waals surface area contributed by atoms with E-state index in [1.54, 1.807) is 6.08 Å². The summed E-state index contributed by atoms with van der Waals surface area (Å²) in [4.78, 5) is 13.2. The molecular weight excluding hydrogens is 400 g/mol. The average Bonchev–Trinajstić information content (AvgIpc) is 2.71. The third kappa shape index (κ3) is 3.72. The third-order valence-electron chi connectivity index (χ3n) is 5.03. The second-order valence-corrected chi connectivity index (χ2v) is 8.04. The van der Waals surface area contributed by atoms with E-state index in [0.717, 1.165) is 12.7 Å². The van der Waals surface area contributed by atoms with Crippen molar-refractivity contribution in [2.75, 3.05) is 7.11 Å². The molecule has 1 aliphatic heterocycles. The van der Waals surface area contributed by atoms with Crippen LogP contribution >= 0.6 is 0 Å². The zero-order valence-electron chi connectivity index (χ0n) is 18.1. The van der Waals surface area contributed by atoms with Gasteiger partial charge in [0.15, 0.2) is 11.3 Å². The maximum absolute atomic E-state index is 13.2. The van der Waals surface area contributed by atoms with Crippen molar-refractivity contribution >= 4 is 28.0 Å². The molecule has 31 heavy (non-hydrogen) atoms. The van der Waals surface area contributed by atoms with Gasteiger partial charge in [0.1, 0.15) is 28.1 Å². The zero-order valence-corrected chi connectivity index (χ0v) is 18.1. The summed E-state index contributed by atoms with van der Waals surface area (Å²) < 4.78 is 12.0. The summed E-state index contributed by atoms with van der Waals surface area (Å²) in [7, 11) is 1.00. The summed E-state index contributed by atoms with van der Waals surface area (Å²) in [5, 5.41) is 38.1. The van der Waals surface area contributed by atoms with Crippen molar-refractivity contribution in [2.24, 2.45) is 0 Å². The number of fused-ring (bicyclic) bond motifs is 3. The minimum atomic E-state index is -0.607. The van der Waals surface area contributed by atoms with Gasteiger partial charge in [-0.2, -0.15) is 0 Å². The molecule has 4 rings (SSSR count). The van der Waals surface area contributed by atoms with Crippen LogP contribution in [0.4, 0.5) is 0 Å². The second kappa shape index (κ2) is 8.00. The van der Waals surface area contributed by atoms with E-state index in [2.05, 4.69) is 0 Å². The van der Waals surface area contributed by atoms with Gasteiger partial charge < -0.3 is 29.6 Å². The van der Waals surface area contributed by atoms with Crippen LogP contribution in [-0.2, 0) is 6.42 Å². The van der Waals surface area contributed by atoms with Gasteiger partial charge in [-0.3, -0.25) is 4.79 Å². The fourth-order valence-electron chi connectivity index (χ4n) is 3.51. The summed E-state index contributed by atoms with van der Waals surface area (Å²) in [5.74, 6) is -0.713. The van der Waals surface area contributed by atoms with E-state index >= 15 is 0 Å². The Hall–Kier alpha value is -3.45. The number of allylic oxidation sites excluding steroid dienone is 2. The molecule has 0 bridgehead atoms. The van der Waals surface area contributed by atoms with E-state index in [9.17, 15) is 20.1 Å². The molecular formula is C24H26O7. The summed E-state index contributed by atoms with van der Waals surface area (Å²) in [5.41, 5.74) is 0.971. The lowest BCUT2D eigenvalue weighted by molar-refractivity contribution is 0.157. The van der Waals surface area contributed by atoms with Gasteiger partial charge in [-0.15, -0.1) is 0 Å². The molecule has 7 heteroatoms. The first kappa shape index (κ1) is 22.2. The van der Waals surface area contributed by atoms with Gasteiger partial charge in [0, 0.05) is 12.7 Å². The lowest BCUT2D eigenvalue weighted by atomic mass is 9.94. The first-order valence-electron chi connectivity index (χ1n) is 9.76. The Morgan fingerprint density at radius 3 is 2.39 bits per heavy atom. The Morgan fingerprint density at radius 2 is 1.74 bits per heavy atom. The van der Waals surface area contributed by atoms with Gasteiger partial charge in [-0.25, -0.2) is 0 Å². The first-order chi connectivity index (χ1) is 14.6. The molecule has 0 amide bonds. The molecule has 0 saturated carbocycles. The van der Waals surface area contributed by atoms with E-state index in [0.29, 0.717) is 23.3 Å². The van der Waals surface area contributed by atoms with Gasteiger partial charge in [0.25, 0.3) is 0 Å². The predicted molar refractivity (Wildman–Crippen MR) is 120 cm³/mol. The van der Waals surface area contributed by atoms with Crippen molar-refractivity contribution in [2.45, 2.75) is 39.7 Å². The zero-order chi connectivity index (χ0) is 23.1. The molecule has 0 fully saturated rings. The lowest BCUT2D eigenvalue weighted by Gasteiger charge is -2.30. The normalized spacial score (nSPS) is 13.9. The van der Waals surface area contributed by atoms with Gasteiger partial charge in [0.05, 0.1) is 10.9 Å². The average molecular weight is 426 g/mol. The van der Waals surface area contributed by atoms with E-state index < -0.39 is 22.5 Å². The number of benzene rings is 2. The number of rotatable bonds is 2. The molecule has 0 unspecified atom stereocenters. The van der Waals surface area contributed by atoms with Gasteiger partial charge in [-0.05, 0) is 58.4 Å². The number of hydrogen-bond acceptors (Lipinski definition) is 7. The molecule has 164 valence electrons. The van der Waals surface area contributed by atoms with Crippen LogP contribution in [0.5, 0.6) is 23.0 Å². The van der Waals surface area contributed by atoms with Crippen LogP contribution in [0.1, 0.15) is 38.8 Å². The topological polar surface area (TPSA) is 120 Å². The molecule has 3 aromatic rings. The largest absolute Gasteiger partial charge is 0.506 e. The third-order valence-corrected chi connectivity index (χ3v) is 5.03. The standard InChI is InChI=1S/C23H22O6.CH4O/c1-11(2)5-6-14-20-13(9-10-23(3,4)29-20)18(26)16-17(25)12-7-8-15(24)19(27)22(12)28-21(14)16;1-2/h5,7-10,24,26-27H,6H2,1-4H3;2H,1H3. The summed E-state index contributed by atoms with van der Waals surface area (Å²) in [6.45, 7) is 7.68. The number of aromatic hydroxyl groups is 3. The monoisotopic (exact) mass is 426 g/mol. The molecule has 1 aliphatic rings. The highest BCUT2D eigenvalue weighted by atomic mass is 16.5. The lowest BCUT2D eigenvalue weighted by Crippen LogP contribution is -2.28. The van der Waals surface area contributed by atoms with E-state index in [1.807, 2.05) is 39.8 Å². The van der Waals surface area contributed by atoms with Crippen molar-refractivity contribution in [3.05, 3.63) is 51.2 Å². The molecule has 0 aliphatic carbocycles. The minimum absolute atomic E-state index is 0.0199. The van der Waals surface area contributed by atoms with Gasteiger partial charge >= 0.3 is 0 Å². The first-order valence-corrected chi connectivity index (χ1v) is 9.76. The van der Waals surface area contributed by atoms with Crippen molar-refractivity contribution in [3.8, 4) is 23.0 Å². The second-order valence-electron chi connectivity index (χ2n) is 8.04. The number of hydrogen-bond donors (Lipinski definition) is 4. The van der Waals surface area contributed by atoms with Crippen molar-refractivity contribution in [1.82, 2.24) is 0 Å². The van der Waals surface area contributed by atoms with Crippen LogP contribution in [-0.4, -0.2) is 33.1 Å². The maximum Gasteiger partial charge on any atom is 0.204 e. The molecule has 0 radical (unpaired) electrons. The van der Waals surface area contributed by atoms with Crippen LogP contribution in [0.2, 0.25) is 0 Å². The highest BCUT2D eigenvalue weighted by Gasteiger charge is 2.30. The van der Waals surface area contributed by atoms with Crippen molar-refractivity contribution < 1.29 is 29.6 Å². The Labute approximate surface area is 179 Å². The smallest absolute Gasteiger partial charge is 0.204 e. The molecule has 2 aromatic carbocycles. The quantitative estimate of drug-likeness (QED) is 0.273. The Balaban J connectivity index is 0.00000132. The van der Waals surface area contributed by atoms with E-state index in [4.69, 9.17) is 14.3 Å². The highest BCUT2D eigenvalue weighted by molar-refractivity contribution is 6.00. The Morgan fingerprint density at radius 1 is 1.06 bits per heavy atom. The van der Waals surface area contributed by atoms with Gasteiger partial charge in [-0.1, -0.05) is 11.6 Å². The molecule has 0 saturated heterocycles. The molecule has 0 atom stereocenters. The number of ether oxygens (including phenoxy) is 1. The van der Waals surface area contributed by atoms with Crippen molar-refractivity contribution in [3.63, 3.8) is 0 Å². The number of aliphatic hydroxyl groups is 1. The highest BCUT2D eigenvalue weighted by Crippen LogP contribution is 2.46. The van der Waals surface area contributed by atoms with Crippen LogP contribution in [0.15, 0.2) is 39.1 Å². The van der Waals surface area contributed by atoms with Crippen LogP contribution in [0, 0.1) is 0 Å². The predicted octanol–water partition coefficient (Wildman–Crippen LogP) is 4.36. The summed E-state index contributed by atoms with van der Waals surface area (Å²) in [6.07, 6.45) is 5.93. The van der Waals surface area contributed by atoms with E-state index in [-0.39, 0.29) is 27.7 Å². The number of aliphatic hydroxyl groups excluding tert-OH is 1. The fraction of sp³-hybridized carbons (Fsp3) is 0.292. The van der Waals surface area contributed by atoms with Gasteiger partial charge in [0.2, 0.25) is 11.2 Å². The molecule has 1 aromatic heterocycles. The number of phenols is 3. The summed E-state index contributed by atoms with van der Waals surface area (Å²) in [6, 6.07) is 2.57. The molecule has 4 N–H and O–H groups in total. The SMILES string of the molecule is CC(C)=CCc1c2c(c(O)c3c(=O)c4ccc(O)c(O)c4oc13)C=CC(C)(C)O2.CO. The van der Waals surface area contributed by atoms with Crippen LogP contribution in [0.25, 0.3) is 28.0 Å². The Kier molecular flexibility index (Phi) is 5.74. The molecule has 0 spiro atoms. The van der Waals surface area contributed by atoms with Crippen LogP contribution in [0.3, 0.4) is 0 Å². The summed E-state index contributed by atoms with van der Waals surface area (Å²) >= 11 is 0.